The lowest BCUT2D eigenvalue weighted by atomic mass is 9.60. The molecule has 0 amide bonds. The van der Waals surface area contributed by atoms with Gasteiger partial charge in [0.05, 0.1) is 0 Å². The van der Waals surface area contributed by atoms with Gasteiger partial charge < -0.3 is 0 Å². The van der Waals surface area contributed by atoms with E-state index in [4.69, 9.17) is 0 Å². The van der Waals surface area contributed by atoms with Crippen molar-refractivity contribution in [2.45, 2.75) is 95.3 Å². The highest BCUT2D eigenvalue weighted by Crippen LogP contribution is 2.70. The third-order valence-electron chi connectivity index (χ3n) is 16.3. The lowest BCUT2D eigenvalue weighted by Crippen LogP contribution is -2.36. The van der Waals surface area contributed by atoms with Gasteiger partial charge in [-0.15, -0.1) is 0 Å². The van der Waals surface area contributed by atoms with E-state index in [2.05, 4.69) is 74.5 Å². The van der Waals surface area contributed by atoms with E-state index in [1.807, 2.05) is 0 Å². The van der Waals surface area contributed by atoms with E-state index in [1.165, 1.54) is 56.8 Å². The van der Waals surface area contributed by atoms with E-state index in [0.717, 1.165) is 12.8 Å². The van der Waals surface area contributed by atoms with Crippen LogP contribution in [-0.2, 0) is 37.5 Å². The van der Waals surface area contributed by atoms with Crippen molar-refractivity contribution in [1.29, 1.82) is 0 Å². The summed E-state index contributed by atoms with van der Waals surface area (Å²) in [6.45, 7) is 4.48. The first-order chi connectivity index (χ1) is 25.1. The molecular formula is C51H38. The summed E-state index contributed by atoms with van der Waals surface area (Å²) in [6.07, 6.45) is 15.2. The van der Waals surface area contributed by atoms with Crippen molar-refractivity contribution in [2.75, 3.05) is 0 Å². The molecule has 9 aromatic rings. The minimum Gasteiger partial charge on any atom is -0.0759 e. The number of benzene rings is 7. The Morgan fingerprint density at radius 3 is 2.10 bits per heavy atom. The maximum Gasteiger partial charge on any atom is 0.00747 e. The quantitative estimate of drug-likeness (QED) is 0.113. The zero-order valence-corrected chi connectivity index (χ0v) is 29.5. The van der Waals surface area contributed by atoms with Gasteiger partial charge in [-0.3, -0.25) is 0 Å². The maximum absolute atomic E-state index is 2.79. The molecule has 1 saturated carbocycles. The second-order valence-corrected chi connectivity index (χ2v) is 18.2. The summed E-state index contributed by atoms with van der Waals surface area (Å²) >= 11 is 0. The molecular weight excluding hydrogens is 613 g/mol. The second-order valence-electron chi connectivity index (χ2n) is 18.2. The fraction of sp³-hybridized carbons (Fsp3) is 0.294. The van der Waals surface area contributed by atoms with Crippen LogP contribution in [0.4, 0.5) is 0 Å². The van der Waals surface area contributed by atoms with Crippen molar-refractivity contribution in [3.63, 3.8) is 0 Å². The van der Waals surface area contributed by atoms with Crippen LogP contribution in [0.15, 0.2) is 71.8 Å². The molecule has 16 rings (SSSR count). The van der Waals surface area contributed by atoms with Gasteiger partial charge >= 0.3 is 0 Å². The average Bonchev–Trinajstić information content (AvgIpc) is 3.99. The molecule has 51 heavy (non-hydrogen) atoms. The number of hydrogen-bond donors (Lipinski definition) is 0. The molecule has 242 valence electrons. The van der Waals surface area contributed by atoms with E-state index < -0.39 is 0 Å². The largest absolute Gasteiger partial charge is 0.0759 e. The van der Waals surface area contributed by atoms with Crippen LogP contribution in [0.25, 0.3) is 81.0 Å². The van der Waals surface area contributed by atoms with Gasteiger partial charge in [0.25, 0.3) is 0 Å². The summed E-state index contributed by atoms with van der Waals surface area (Å²) in [6, 6.07) is 22.6. The van der Waals surface area contributed by atoms with Crippen molar-refractivity contribution in [3.8, 4) is 0 Å². The van der Waals surface area contributed by atoms with Crippen LogP contribution in [0, 0.1) is 0 Å². The Morgan fingerprint density at radius 1 is 0.569 bits per heavy atom. The molecule has 0 saturated heterocycles. The number of fused-ring (bicyclic) bond motifs is 7. The highest BCUT2D eigenvalue weighted by Gasteiger charge is 2.57. The molecule has 1 fully saturated rings. The third-order valence-corrected chi connectivity index (χ3v) is 16.3. The topological polar surface area (TPSA) is 0 Å². The Bertz CT molecular complexity index is 3200. The fourth-order valence-corrected chi connectivity index (χ4v) is 14.4. The van der Waals surface area contributed by atoms with Gasteiger partial charge in [-0.2, -0.15) is 0 Å². The van der Waals surface area contributed by atoms with Gasteiger partial charge in [0.15, 0.2) is 0 Å². The minimum atomic E-state index is 0.228. The fourth-order valence-electron chi connectivity index (χ4n) is 14.4. The molecule has 0 aliphatic heterocycles. The van der Waals surface area contributed by atoms with Crippen LogP contribution < -0.4 is 0 Å². The first-order valence-electron chi connectivity index (χ1n) is 20.0. The number of aryl methyl sites for hydroxylation is 2. The molecule has 0 radical (unpaired) electrons. The number of hydrogen-bond acceptors (Lipinski definition) is 0. The van der Waals surface area contributed by atoms with E-state index in [1.54, 1.807) is 137 Å². The Labute approximate surface area is 297 Å². The first-order valence-corrected chi connectivity index (χ1v) is 20.0. The smallest absolute Gasteiger partial charge is 0.00747 e. The molecule has 2 bridgehead atoms. The summed E-state index contributed by atoms with van der Waals surface area (Å²) in [5.74, 6) is 1.36. The van der Waals surface area contributed by atoms with Gasteiger partial charge in [0, 0.05) is 5.41 Å². The Kier molecular flexibility index (Phi) is 4.11. The van der Waals surface area contributed by atoms with E-state index in [9.17, 15) is 0 Å². The van der Waals surface area contributed by atoms with Crippen molar-refractivity contribution in [2.24, 2.45) is 0 Å². The second kappa shape index (κ2) is 8.03. The van der Waals surface area contributed by atoms with Crippen LogP contribution in [-0.4, -0.2) is 0 Å². The predicted molar refractivity (Wildman–Crippen MR) is 215 cm³/mol. The van der Waals surface area contributed by atoms with E-state index in [0.29, 0.717) is 11.8 Å². The van der Waals surface area contributed by atoms with Gasteiger partial charge in [-0.1, -0.05) is 71.8 Å². The molecule has 0 aromatic heterocycles. The van der Waals surface area contributed by atoms with Crippen LogP contribution in [0.5, 0.6) is 0 Å². The van der Waals surface area contributed by atoms with Crippen LogP contribution in [0.3, 0.4) is 0 Å². The highest BCUT2D eigenvalue weighted by molar-refractivity contribution is 6.55. The molecule has 1 spiro atoms. The Morgan fingerprint density at radius 2 is 1.27 bits per heavy atom. The average molecular weight is 651 g/mol. The van der Waals surface area contributed by atoms with Crippen molar-refractivity contribution >= 4 is 81.0 Å². The van der Waals surface area contributed by atoms with Gasteiger partial charge in [0.1, 0.15) is 0 Å². The number of allylic oxidation sites excluding steroid dienone is 4. The van der Waals surface area contributed by atoms with Crippen molar-refractivity contribution in [3.05, 3.63) is 122 Å². The highest BCUT2D eigenvalue weighted by atomic mass is 14.6. The molecule has 7 aliphatic carbocycles. The minimum absolute atomic E-state index is 0.228. The Hall–Kier alpha value is -4.68. The molecule has 3 unspecified atom stereocenters. The van der Waals surface area contributed by atoms with Crippen LogP contribution in [0.2, 0.25) is 0 Å². The van der Waals surface area contributed by atoms with Gasteiger partial charge in [-0.05, 0) is 221 Å². The summed E-state index contributed by atoms with van der Waals surface area (Å²) < 4.78 is 0. The summed E-state index contributed by atoms with van der Waals surface area (Å²) in [5, 5.41) is 22.8. The first kappa shape index (κ1) is 26.1. The third kappa shape index (κ3) is 2.59. The lowest BCUT2D eigenvalue weighted by molar-refractivity contribution is 0.374. The summed E-state index contributed by atoms with van der Waals surface area (Å²) in [7, 11) is 0. The maximum atomic E-state index is 2.79. The molecule has 9 aromatic carbocycles. The normalized spacial score (nSPS) is 24.8. The zero-order chi connectivity index (χ0) is 32.8. The number of rotatable bonds is 0. The van der Waals surface area contributed by atoms with Crippen LogP contribution in [0.1, 0.15) is 108 Å². The molecule has 0 N–H and O–H groups in total. The predicted octanol–water partition coefficient (Wildman–Crippen LogP) is 13.1. The van der Waals surface area contributed by atoms with E-state index in [-0.39, 0.29) is 5.41 Å². The SMILES string of the molecule is C1=C2Cc3cc4c5c6c(cc7c8c9c(cc%10ccc(c%11c%12c2c3c5c(c68)c%12c9c%10%11)C1)CC7)CC41CC2CC1c1ccccc12.CC1=C(C)CCC1. The summed E-state index contributed by atoms with van der Waals surface area (Å²) in [5.41, 5.74) is 19.9. The van der Waals surface area contributed by atoms with Crippen molar-refractivity contribution in [1.82, 2.24) is 0 Å². The van der Waals surface area contributed by atoms with Crippen molar-refractivity contribution < 1.29 is 0 Å². The van der Waals surface area contributed by atoms with Gasteiger partial charge in [-0.25, -0.2) is 0 Å². The molecule has 7 aliphatic rings. The van der Waals surface area contributed by atoms with Crippen LogP contribution >= 0.6 is 0 Å². The molecule has 3 atom stereocenters. The standard InChI is InChI=1S/C44H26.C7H12/c1-2-4-27-26(3-1)24-15-28(27)44(16-24)17-25-13-22-10-9-20-11-19-7-5-18-6-8-21-12-23-14-29(44)37-36(25)40-33(22)32(20)39-31(19)30(18)38-34(21)35(23)41(37)43(40)42(38)39;1-6-4-3-5-7(6)2/h1-5,7-8,11,13-14,24,28H,6,9-10,12,15-17H2;3-5H2,1-2H3. The van der Waals surface area contributed by atoms with Gasteiger partial charge in [0.2, 0.25) is 0 Å². The molecule has 0 heterocycles. The molecule has 0 nitrogen and oxygen atoms in total. The van der Waals surface area contributed by atoms with E-state index >= 15 is 0 Å². The monoisotopic (exact) mass is 650 g/mol. The molecule has 0 heteroatoms. The Balaban J connectivity index is 0.000000343. The summed E-state index contributed by atoms with van der Waals surface area (Å²) in [4.78, 5) is 0. The lowest BCUT2D eigenvalue weighted by Gasteiger charge is -2.43. The zero-order valence-electron chi connectivity index (χ0n) is 29.5.